The average Bonchev–Trinajstić information content (AvgIpc) is 2.66. The standard InChI is InChI=1S/C11H13ClN4/c1-16-7-8(6-14-16)9(5-13)10-3-2-4-11(12)15-10/h2-4,6-7,9H,5,13H2,1H3. The fourth-order valence-corrected chi connectivity index (χ4v) is 1.84. The lowest BCUT2D eigenvalue weighted by Gasteiger charge is -2.12. The molecule has 2 heterocycles. The van der Waals surface area contributed by atoms with Crippen LogP contribution in [0.2, 0.25) is 5.15 Å². The highest BCUT2D eigenvalue weighted by Crippen LogP contribution is 2.22. The molecule has 0 saturated heterocycles. The van der Waals surface area contributed by atoms with Gasteiger partial charge < -0.3 is 5.73 Å². The van der Waals surface area contributed by atoms with Crippen LogP contribution in [0.15, 0.2) is 30.6 Å². The zero-order valence-electron chi connectivity index (χ0n) is 8.97. The molecule has 1 unspecified atom stereocenters. The Balaban J connectivity index is 2.36. The van der Waals surface area contributed by atoms with E-state index in [0.717, 1.165) is 11.3 Å². The molecule has 0 fully saturated rings. The molecule has 2 rings (SSSR count). The molecule has 0 aliphatic heterocycles. The Hall–Kier alpha value is -1.39. The number of aryl methyl sites for hydroxylation is 1. The molecule has 5 heteroatoms. The van der Waals surface area contributed by atoms with Gasteiger partial charge in [0.15, 0.2) is 0 Å². The fourth-order valence-electron chi connectivity index (χ4n) is 1.67. The second-order valence-corrected chi connectivity index (χ2v) is 4.01. The molecule has 0 aromatic carbocycles. The average molecular weight is 237 g/mol. The Bertz CT molecular complexity index is 480. The maximum Gasteiger partial charge on any atom is 0.129 e. The smallest absolute Gasteiger partial charge is 0.129 e. The summed E-state index contributed by atoms with van der Waals surface area (Å²) in [6, 6.07) is 5.56. The predicted octanol–water partition coefficient (Wildman–Crippen LogP) is 1.56. The number of hydrogen-bond donors (Lipinski definition) is 1. The van der Waals surface area contributed by atoms with Crippen LogP contribution in [0.5, 0.6) is 0 Å². The SMILES string of the molecule is Cn1cc(C(CN)c2cccc(Cl)n2)cn1. The molecule has 1 atom stereocenters. The molecule has 4 nitrogen and oxygen atoms in total. The van der Waals surface area contributed by atoms with Crippen LogP contribution >= 0.6 is 11.6 Å². The van der Waals surface area contributed by atoms with Crippen LogP contribution in [0.25, 0.3) is 0 Å². The van der Waals surface area contributed by atoms with Gasteiger partial charge in [0.25, 0.3) is 0 Å². The summed E-state index contributed by atoms with van der Waals surface area (Å²) in [6.07, 6.45) is 3.75. The predicted molar refractivity (Wildman–Crippen MR) is 63.4 cm³/mol. The highest BCUT2D eigenvalue weighted by molar-refractivity contribution is 6.29. The van der Waals surface area contributed by atoms with Crippen molar-refractivity contribution in [2.75, 3.05) is 6.54 Å². The van der Waals surface area contributed by atoms with E-state index < -0.39 is 0 Å². The summed E-state index contributed by atoms with van der Waals surface area (Å²) >= 11 is 5.87. The second-order valence-electron chi connectivity index (χ2n) is 3.62. The maximum atomic E-state index is 5.87. The topological polar surface area (TPSA) is 56.7 Å². The van der Waals surface area contributed by atoms with Crippen molar-refractivity contribution in [1.29, 1.82) is 0 Å². The van der Waals surface area contributed by atoms with Crippen molar-refractivity contribution in [3.63, 3.8) is 0 Å². The zero-order valence-corrected chi connectivity index (χ0v) is 9.72. The van der Waals surface area contributed by atoms with E-state index >= 15 is 0 Å². The van der Waals surface area contributed by atoms with Crippen molar-refractivity contribution in [1.82, 2.24) is 14.8 Å². The van der Waals surface area contributed by atoms with Crippen LogP contribution in [0, 0.1) is 0 Å². The zero-order chi connectivity index (χ0) is 11.5. The number of nitrogens with zero attached hydrogens (tertiary/aromatic N) is 3. The van der Waals surface area contributed by atoms with E-state index in [1.165, 1.54) is 0 Å². The Morgan fingerprint density at radius 3 is 2.88 bits per heavy atom. The van der Waals surface area contributed by atoms with Gasteiger partial charge in [0, 0.05) is 31.3 Å². The molecule has 2 N–H and O–H groups in total. The lowest BCUT2D eigenvalue weighted by Crippen LogP contribution is -2.14. The van der Waals surface area contributed by atoms with Crippen LogP contribution in [-0.4, -0.2) is 21.3 Å². The van der Waals surface area contributed by atoms with Gasteiger partial charge in [-0.05, 0) is 12.1 Å². The molecule has 2 aromatic rings. The van der Waals surface area contributed by atoms with Crippen LogP contribution in [0.3, 0.4) is 0 Å². The number of hydrogen-bond acceptors (Lipinski definition) is 3. The summed E-state index contributed by atoms with van der Waals surface area (Å²) in [5.41, 5.74) is 7.71. The van der Waals surface area contributed by atoms with Gasteiger partial charge in [-0.3, -0.25) is 4.68 Å². The molecule has 0 aliphatic carbocycles. The third kappa shape index (κ3) is 2.23. The highest BCUT2D eigenvalue weighted by atomic mass is 35.5. The summed E-state index contributed by atoms with van der Waals surface area (Å²) in [6.45, 7) is 0.485. The minimum absolute atomic E-state index is 0.0485. The summed E-state index contributed by atoms with van der Waals surface area (Å²) in [5.74, 6) is 0.0485. The number of rotatable bonds is 3. The van der Waals surface area contributed by atoms with Crippen molar-refractivity contribution in [2.24, 2.45) is 12.8 Å². The van der Waals surface area contributed by atoms with Gasteiger partial charge in [0.05, 0.1) is 11.9 Å². The van der Waals surface area contributed by atoms with Crippen molar-refractivity contribution >= 4 is 11.6 Å². The Morgan fingerprint density at radius 1 is 1.50 bits per heavy atom. The van der Waals surface area contributed by atoms with Gasteiger partial charge in [-0.25, -0.2) is 4.98 Å². The van der Waals surface area contributed by atoms with E-state index in [1.54, 1.807) is 16.9 Å². The first-order chi connectivity index (χ1) is 7.70. The molecule has 0 saturated carbocycles. The van der Waals surface area contributed by atoms with Crippen LogP contribution in [0.4, 0.5) is 0 Å². The van der Waals surface area contributed by atoms with Crippen LogP contribution < -0.4 is 5.73 Å². The Labute approximate surface area is 99.1 Å². The Morgan fingerprint density at radius 2 is 2.31 bits per heavy atom. The number of pyridine rings is 1. The second kappa shape index (κ2) is 4.63. The van der Waals surface area contributed by atoms with Gasteiger partial charge in [0.1, 0.15) is 5.15 Å². The molecule has 84 valence electrons. The number of nitrogens with two attached hydrogens (primary N) is 1. The quantitative estimate of drug-likeness (QED) is 0.823. The first kappa shape index (κ1) is 11.1. The fraction of sp³-hybridized carbons (Fsp3) is 0.273. The molecular formula is C11H13ClN4. The van der Waals surface area contributed by atoms with Crippen molar-refractivity contribution in [3.05, 3.63) is 47.0 Å². The highest BCUT2D eigenvalue weighted by Gasteiger charge is 2.15. The van der Waals surface area contributed by atoms with E-state index in [-0.39, 0.29) is 5.92 Å². The first-order valence-corrected chi connectivity index (χ1v) is 5.39. The van der Waals surface area contributed by atoms with Gasteiger partial charge in [-0.2, -0.15) is 5.10 Å². The summed E-state index contributed by atoms with van der Waals surface area (Å²) in [5, 5.41) is 4.62. The molecule has 0 radical (unpaired) electrons. The van der Waals surface area contributed by atoms with E-state index in [9.17, 15) is 0 Å². The third-order valence-corrected chi connectivity index (χ3v) is 2.67. The van der Waals surface area contributed by atoms with E-state index in [4.69, 9.17) is 17.3 Å². The maximum absolute atomic E-state index is 5.87. The minimum atomic E-state index is 0.0485. The number of halogens is 1. The van der Waals surface area contributed by atoms with E-state index in [1.807, 2.05) is 25.4 Å². The molecule has 0 amide bonds. The molecule has 0 aliphatic rings. The summed E-state index contributed by atoms with van der Waals surface area (Å²) in [4.78, 5) is 4.28. The normalized spacial score (nSPS) is 12.7. The monoisotopic (exact) mass is 236 g/mol. The van der Waals surface area contributed by atoms with Crippen molar-refractivity contribution < 1.29 is 0 Å². The largest absolute Gasteiger partial charge is 0.329 e. The number of aromatic nitrogens is 3. The molecular weight excluding hydrogens is 224 g/mol. The van der Waals surface area contributed by atoms with Crippen LogP contribution in [-0.2, 0) is 7.05 Å². The summed E-state index contributed by atoms with van der Waals surface area (Å²) < 4.78 is 1.75. The van der Waals surface area contributed by atoms with Gasteiger partial charge in [0.2, 0.25) is 0 Å². The van der Waals surface area contributed by atoms with Crippen molar-refractivity contribution in [2.45, 2.75) is 5.92 Å². The summed E-state index contributed by atoms with van der Waals surface area (Å²) in [7, 11) is 1.88. The molecule has 0 spiro atoms. The van der Waals surface area contributed by atoms with Gasteiger partial charge in [-0.1, -0.05) is 17.7 Å². The molecule has 0 bridgehead atoms. The Kier molecular flexibility index (Phi) is 3.22. The lowest BCUT2D eigenvalue weighted by atomic mass is 9.98. The molecule has 2 aromatic heterocycles. The minimum Gasteiger partial charge on any atom is -0.329 e. The van der Waals surface area contributed by atoms with Crippen molar-refractivity contribution in [3.8, 4) is 0 Å². The lowest BCUT2D eigenvalue weighted by molar-refractivity contribution is 0.759. The van der Waals surface area contributed by atoms with Crippen LogP contribution in [0.1, 0.15) is 17.2 Å². The van der Waals surface area contributed by atoms with Gasteiger partial charge >= 0.3 is 0 Å². The molecule has 16 heavy (non-hydrogen) atoms. The van der Waals surface area contributed by atoms with Gasteiger partial charge in [-0.15, -0.1) is 0 Å². The third-order valence-electron chi connectivity index (χ3n) is 2.46. The van der Waals surface area contributed by atoms with E-state index in [0.29, 0.717) is 11.7 Å². The first-order valence-electron chi connectivity index (χ1n) is 5.02. The van der Waals surface area contributed by atoms with E-state index in [2.05, 4.69) is 10.1 Å².